The van der Waals surface area contributed by atoms with Gasteiger partial charge in [-0.05, 0) is 12.5 Å². The van der Waals surface area contributed by atoms with Gasteiger partial charge in [-0.1, -0.05) is 23.4 Å². The zero-order chi connectivity index (χ0) is 12.8. The van der Waals surface area contributed by atoms with Gasteiger partial charge in [-0.25, -0.2) is 0 Å². The fourth-order valence-electron chi connectivity index (χ4n) is 2.26. The van der Waals surface area contributed by atoms with Crippen LogP contribution in [0.25, 0.3) is 22.4 Å². The van der Waals surface area contributed by atoms with Crippen LogP contribution >= 0.6 is 0 Å². The van der Waals surface area contributed by atoms with E-state index in [1.54, 1.807) is 6.26 Å². The zero-order valence-electron chi connectivity index (χ0n) is 9.91. The molecule has 1 saturated carbocycles. The highest BCUT2D eigenvalue weighted by atomic mass is 16.5. The van der Waals surface area contributed by atoms with E-state index in [4.69, 9.17) is 14.2 Å². The van der Waals surface area contributed by atoms with Crippen molar-refractivity contribution in [3.8, 4) is 17.5 Å². The average molecular weight is 251 g/mol. The maximum atomic E-state index is 8.82. The Morgan fingerprint density at radius 3 is 3.05 bits per heavy atom. The summed E-state index contributed by atoms with van der Waals surface area (Å²) in [5.41, 5.74) is 1.62. The van der Waals surface area contributed by atoms with Gasteiger partial charge in [0.2, 0.25) is 11.7 Å². The van der Waals surface area contributed by atoms with Crippen LogP contribution in [-0.2, 0) is 0 Å². The highest BCUT2D eigenvalue weighted by Crippen LogP contribution is 2.46. The first-order valence-electron chi connectivity index (χ1n) is 6.06. The summed E-state index contributed by atoms with van der Waals surface area (Å²) in [6, 6.07) is 9.92. The Morgan fingerprint density at radius 1 is 1.32 bits per heavy atom. The Labute approximate surface area is 108 Å². The molecule has 92 valence electrons. The SMILES string of the molecule is N#CC1CC1c1nc(-c2coc3ccccc23)no1. The van der Waals surface area contributed by atoms with Crippen molar-refractivity contribution in [1.82, 2.24) is 10.1 Å². The van der Waals surface area contributed by atoms with Gasteiger partial charge in [0.1, 0.15) is 11.8 Å². The van der Waals surface area contributed by atoms with Crippen LogP contribution in [0.4, 0.5) is 0 Å². The minimum absolute atomic E-state index is 0.0226. The number of fused-ring (bicyclic) bond motifs is 1. The number of nitrogens with zero attached hydrogens (tertiary/aromatic N) is 3. The van der Waals surface area contributed by atoms with E-state index in [2.05, 4.69) is 16.2 Å². The summed E-state index contributed by atoms with van der Waals surface area (Å²) in [7, 11) is 0. The Morgan fingerprint density at radius 2 is 2.21 bits per heavy atom. The van der Waals surface area contributed by atoms with E-state index >= 15 is 0 Å². The van der Waals surface area contributed by atoms with Crippen LogP contribution in [0.5, 0.6) is 0 Å². The highest BCUT2D eigenvalue weighted by molar-refractivity contribution is 5.91. The lowest BCUT2D eigenvalue weighted by Crippen LogP contribution is -1.82. The van der Waals surface area contributed by atoms with Gasteiger partial charge >= 0.3 is 0 Å². The third-order valence-corrected chi connectivity index (χ3v) is 3.44. The molecule has 0 aliphatic heterocycles. The largest absolute Gasteiger partial charge is 0.464 e. The molecule has 0 saturated heterocycles. The number of nitriles is 1. The summed E-state index contributed by atoms with van der Waals surface area (Å²) in [5, 5.41) is 13.8. The Hall–Kier alpha value is -2.61. The van der Waals surface area contributed by atoms with E-state index in [-0.39, 0.29) is 11.8 Å². The van der Waals surface area contributed by atoms with Crippen molar-refractivity contribution in [2.24, 2.45) is 5.92 Å². The molecule has 1 aromatic carbocycles. The third-order valence-electron chi connectivity index (χ3n) is 3.44. The molecule has 19 heavy (non-hydrogen) atoms. The van der Waals surface area contributed by atoms with Crippen molar-refractivity contribution >= 4 is 11.0 Å². The summed E-state index contributed by atoms with van der Waals surface area (Å²) < 4.78 is 10.7. The number of para-hydroxylation sites is 1. The maximum absolute atomic E-state index is 8.82. The van der Waals surface area contributed by atoms with E-state index in [1.807, 2.05) is 24.3 Å². The standard InChI is InChI=1S/C14H9N3O2/c15-6-8-5-10(8)14-16-13(17-19-14)11-7-18-12-4-2-1-3-9(11)12/h1-4,7-8,10H,5H2. The second kappa shape index (κ2) is 3.69. The molecule has 2 atom stereocenters. The molecule has 0 bridgehead atoms. The molecule has 4 rings (SSSR count). The van der Waals surface area contributed by atoms with Gasteiger partial charge in [0.25, 0.3) is 0 Å². The molecular weight excluding hydrogens is 242 g/mol. The number of furan rings is 1. The number of hydrogen-bond acceptors (Lipinski definition) is 5. The monoisotopic (exact) mass is 251 g/mol. The van der Waals surface area contributed by atoms with E-state index in [9.17, 15) is 0 Å². The second-order valence-electron chi connectivity index (χ2n) is 4.68. The van der Waals surface area contributed by atoms with Gasteiger partial charge in [0.15, 0.2) is 0 Å². The van der Waals surface area contributed by atoms with Gasteiger partial charge < -0.3 is 8.94 Å². The van der Waals surface area contributed by atoms with Crippen LogP contribution < -0.4 is 0 Å². The summed E-state index contributed by atoms with van der Waals surface area (Å²) in [6.45, 7) is 0. The molecule has 0 spiro atoms. The van der Waals surface area contributed by atoms with E-state index in [1.165, 1.54) is 0 Å². The topological polar surface area (TPSA) is 75.8 Å². The summed E-state index contributed by atoms with van der Waals surface area (Å²) in [5.74, 6) is 1.19. The van der Waals surface area contributed by atoms with Gasteiger partial charge in [0.05, 0.1) is 23.5 Å². The lowest BCUT2D eigenvalue weighted by molar-refractivity contribution is 0.378. The number of rotatable bonds is 2. The fourth-order valence-corrected chi connectivity index (χ4v) is 2.26. The third kappa shape index (κ3) is 1.54. The molecule has 1 aliphatic rings. The Kier molecular flexibility index (Phi) is 2.00. The highest BCUT2D eigenvalue weighted by Gasteiger charge is 2.43. The lowest BCUT2D eigenvalue weighted by Gasteiger charge is -1.88. The molecule has 5 heteroatoms. The average Bonchev–Trinajstić information content (AvgIpc) is 2.88. The predicted octanol–water partition coefficient (Wildman–Crippen LogP) is 3.11. The smallest absolute Gasteiger partial charge is 0.231 e. The molecule has 2 unspecified atom stereocenters. The van der Waals surface area contributed by atoms with Crippen LogP contribution in [0, 0.1) is 17.2 Å². The van der Waals surface area contributed by atoms with E-state index in [0.717, 1.165) is 23.0 Å². The molecule has 2 heterocycles. The summed E-state index contributed by atoms with van der Waals surface area (Å²) in [6.07, 6.45) is 2.44. The summed E-state index contributed by atoms with van der Waals surface area (Å²) >= 11 is 0. The molecular formula is C14H9N3O2. The van der Waals surface area contributed by atoms with Crippen molar-refractivity contribution in [3.63, 3.8) is 0 Å². The normalized spacial score (nSPS) is 21.4. The van der Waals surface area contributed by atoms with Gasteiger partial charge in [-0.3, -0.25) is 0 Å². The first kappa shape index (κ1) is 10.3. The van der Waals surface area contributed by atoms with E-state index < -0.39 is 0 Å². The fraction of sp³-hybridized carbons (Fsp3) is 0.214. The van der Waals surface area contributed by atoms with Gasteiger partial charge in [0, 0.05) is 5.39 Å². The van der Waals surface area contributed by atoms with Crippen LogP contribution in [0.2, 0.25) is 0 Å². The number of hydrogen-bond donors (Lipinski definition) is 0. The van der Waals surface area contributed by atoms with Crippen LogP contribution in [0.1, 0.15) is 18.2 Å². The maximum Gasteiger partial charge on any atom is 0.231 e. The van der Waals surface area contributed by atoms with Crippen molar-refractivity contribution in [2.45, 2.75) is 12.3 Å². The minimum Gasteiger partial charge on any atom is -0.464 e. The second-order valence-corrected chi connectivity index (χ2v) is 4.68. The Balaban J connectivity index is 1.75. The molecule has 0 radical (unpaired) electrons. The quantitative estimate of drug-likeness (QED) is 0.699. The van der Waals surface area contributed by atoms with Crippen LogP contribution in [-0.4, -0.2) is 10.1 Å². The van der Waals surface area contributed by atoms with Crippen molar-refractivity contribution in [1.29, 1.82) is 5.26 Å². The molecule has 2 aromatic heterocycles. The molecule has 0 N–H and O–H groups in total. The van der Waals surface area contributed by atoms with Gasteiger partial charge in [-0.15, -0.1) is 0 Å². The lowest BCUT2D eigenvalue weighted by atomic mass is 10.2. The van der Waals surface area contributed by atoms with E-state index in [0.29, 0.717) is 11.7 Å². The minimum atomic E-state index is 0.0226. The van der Waals surface area contributed by atoms with Crippen molar-refractivity contribution < 1.29 is 8.94 Å². The Bertz CT molecular complexity index is 796. The van der Waals surface area contributed by atoms with Gasteiger partial charge in [-0.2, -0.15) is 10.2 Å². The molecule has 1 aliphatic carbocycles. The first-order valence-corrected chi connectivity index (χ1v) is 6.06. The van der Waals surface area contributed by atoms with Crippen LogP contribution in [0.3, 0.4) is 0 Å². The number of aromatic nitrogens is 2. The molecule has 0 amide bonds. The van der Waals surface area contributed by atoms with Crippen LogP contribution in [0.15, 0.2) is 39.5 Å². The molecule has 5 nitrogen and oxygen atoms in total. The number of benzene rings is 1. The molecule has 3 aromatic rings. The summed E-state index contributed by atoms with van der Waals surface area (Å²) in [4.78, 5) is 4.37. The first-order chi connectivity index (χ1) is 9.36. The molecule has 1 fully saturated rings. The van der Waals surface area contributed by atoms with Crippen molar-refractivity contribution in [3.05, 3.63) is 36.4 Å². The predicted molar refractivity (Wildman–Crippen MR) is 66.0 cm³/mol. The zero-order valence-corrected chi connectivity index (χ0v) is 9.91. The van der Waals surface area contributed by atoms with Crippen molar-refractivity contribution in [2.75, 3.05) is 0 Å².